The van der Waals surface area contributed by atoms with Crippen LogP contribution in [0.2, 0.25) is 0 Å². The van der Waals surface area contributed by atoms with E-state index in [1.807, 2.05) is 20.8 Å². The van der Waals surface area contributed by atoms with Gasteiger partial charge in [0, 0.05) is 18.9 Å². The Labute approximate surface area is 226 Å². The van der Waals surface area contributed by atoms with Crippen LogP contribution in [0.1, 0.15) is 56.6 Å². The summed E-state index contributed by atoms with van der Waals surface area (Å²) in [6, 6.07) is 3.88. The average Bonchev–Trinajstić information content (AvgIpc) is 3.56. The molecule has 0 N–H and O–H groups in total. The SMILES string of the molecule is CCn1cc(C(F)(F)F)nc1-c1ccc([C@H](C)n2ncc3cnc(-c4c(OC)ncnc4C(C)C)nc32)cc1F. The Hall–Kier alpha value is -4.42. The largest absolute Gasteiger partial charge is 0.480 e. The molecule has 0 spiro atoms. The Morgan fingerprint density at radius 1 is 1.02 bits per heavy atom. The van der Waals surface area contributed by atoms with Gasteiger partial charge in [-0.05, 0) is 37.5 Å². The quantitative estimate of drug-likeness (QED) is 0.226. The van der Waals surface area contributed by atoms with Crippen LogP contribution in [-0.4, -0.2) is 46.4 Å². The molecular weight excluding hydrogens is 528 g/mol. The first-order chi connectivity index (χ1) is 19.0. The van der Waals surface area contributed by atoms with Crippen molar-refractivity contribution in [2.45, 2.75) is 52.4 Å². The summed E-state index contributed by atoms with van der Waals surface area (Å²) in [4.78, 5) is 21.5. The van der Waals surface area contributed by atoms with E-state index in [1.165, 1.54) is 30.1 Å². The number of ether oxygens (including phenoxy) is 1. The van der Waals surface area contributed by atoms with Crippen LogP contribution >= 0.6 is 0 Å². The van der Waals surface area contributed by atoms with Crippen LogP contribution in [0.3, 0.4) is 0 Å². The van der Waals surface area contributed by atoms with Gasteiger partial charge >= 0.3 is 6.18 Å². The lowest BCUT2D eigenvalue weighted by Gasteiger charge is -2.16. The number of fused-ring (bicyclic) bond motifs is 1. The van der Waals surface area contributed by atoms with E-state index in [0.717, 1.165) is 11.9 Å². The molecule has 0 saturated heterocycles. The van der Waals surface area contributed by atoms with E-state index < -0.39 is 23.7 Å². The maximum atomic E-state index is 15.3. The van der Waals surface area contributed by atoms with Gasteiger partial charge in [0.15, 0.2) is 17.2 Å². The lowest BCUT2D eigenvalue weighted by atomic mass is 10.0. The van der Waals surface area contributed by atoms with Crippen molar-refractivity contribution in [2.75, 3.05) is 7.11 Å². The summed E-state index contributed by atoms with van der Waals surface area (Å²) in [5.74, 6) is -0.0386. The highest BCUT2D eigenvalue weighted by Crippen LogP contribution is 2.35. The van der Waals surface area contributed by atoms with Crippen molar-refractivity contribution < 1.29 is 22.3 Å². The van der Waals surface area contributed by atoms with Crippen molar-refractivity contribution >= 4 is 11.0 Å². The minimum absolute atomic E-state index is 0.0272. The number of hydrogen-bond acceptors (Lipinski definition) is 7. The summed E-state index contributed by atoms with van der Waals surface area (Å²) < 4.78 is 63.4. The van der Waals surface area contributed by atoms with Crippen molar-refractivity contribution in [3.8, 4) is 28.7 Å². The molecule has 0 aliphatic heterocycles. The van der Waals surface area contributed by atoms with Crippen molar-refractivity contribution in [1.82, 2.24) is 39.3 Å². The van der Waals surface area contributed by atoms with Crippen LogP contribution in [0.5, 0.6) is 5.88 Å². The van der Waals surface area contributed by atoms with Gasteiger partial charge in [0.1, 0.15) is 23.5 Å². The van der Waals surface area contributed by atoms with E-state index >= 15 is 4.39 Å². The number of rotatable bonds is 7. The van der Waals surface area contributed by atoms with Gasteiger partial charge in [-0.2, -0.15) is 18.3 Å². The molecule has 4 aromatic heterocycles. The summed E-state index contributed by atoms with van der Waals surface area (Å²) in [5, 5.41) is 5.13. The summed E-state index contributed by atoms with van der Waals surface area (Å²) in [6.07, 6.45) is 0.928. The van der Waals surface area contributed by atoms with Crippen molar-refractivity contribution in [3.63, 3.8) is 0 Å². The summed E-state index contributed by atoms with van der Waals surface area (Å²) in [5.41, 5.74) is 1.24. The fourth-order valence-electron chi connectivity index (χ4n) is 4.55. The zero-order valence-electron chi connectivity index (χ0n) is 22.4. The first-order valence-corrected chi connectivity index (χ1v) is 12.6. The van der Waals surface area contributed by atoms with Crippen molar-refractivity contribution in [3.05, 3.63) is 65.9 Å². The average molecular weight is 555 g/mol. The van der Waals surface area contributed by atoms with Gasteiger partial charge in [0.25, 0.3) is 0 Å². The van der Waals surface area contributed by atoms with Crippen LogP contribution in [0.4, 0.5) is 17.6 Å². The van der Waals surface area contributed by atoms with Crippen LogP contribution in [0.25, 0.3) is 33.8 Å². The normalized spacial score (nSPS) is 12.8. The minimum atomic E-state index is -4.63. The van der Waals surface area contributed by atoms with Gasteiger partial charge in [-0.1, -0.05) is 19.9 Å². The maximum absolute atomic E-state index is 15.3. The van der Waals surface area contributed by atoms with E-state index in [9.17, 15) is 13.2 Å². The first kappa shape index (κ1) is 27.2. The highest BCUT2D eigenvalue weighted by molar-refractivity contribution is 5.77. The number of hydrogen-bond donors (Lipinski definition) is 0. The van der Waals surface area contributed by atoms with Crippen LogP contribution in [0, 0.1) is 5.82 Å². The predicted molar refractivity (Wildman–Crippen MR) is 139 cm³/mol. The Kier molecular flexibility index (Phi) is 6.98. The summed E-state index contributed by atoms with van der Waals surface area (Å²) in [7, 11) is 1.51. The van der Waals surface area contributed by atoms with Crippen LogP contribution in [-0.2, 0) is 12.7 Å². The Bertz CT molecular complexity index is 1690. The van der Waals surface area contributed by atoms with Crippen molar-refractivity contribution in [2.24, 2.45) is 0 Å². The zero-order valence-corrected chi connectivity index (χ0v) is 22.4. The third-order valence-corrected chi connectivity index (χ3v) is 6.63. The third kappa shape index (κ3) is 4.75. The Morgan fingerprint density at radius 2 is 1.80 bits per heavy atom. The predicted octanol–water partition coefficient (Wildman–Crippen LogP) is 6.07. The molecule has 0 radical (unpaired) electrons. The van der Waals surface area contributed by atoms with Gasteiger partial charge < -0.3 is 9.30 Å². The number of methoxy groups -OCH3 is 1. The molecular formula is C27H26F4N8O. The molecule has 1 aromatic carbocycles. The molecule has 0 fully saturated rings. The molecule has 5 aromatic rings. The molecule has 40 heavy (non-hydrogen) atoms. The number of alkyl halides is 3. The van der Waals surface area contributed by atoms with E-state index in [-0.39, 0.29) is 23.9 Å². The second-order valence-electron chi connectivity index (χ2n) is 9.51. The molecule has 0 amide bonds. The standard InChI is InChI=1S/C27H26F4N8O/c1-6-38-12-20(27(29,30)31)36-25(38)18-8-7-16(9-19(18)28)15(4)39-24-17(11-35-39)10-32-23(37-24)21-22(14(2)3)33-13-34-26(21)40-5/h7-15H,6H2,1-5H3/t15-/m0/s1. The van der Waals surface area contributed by atoms with Gasteiger partial charge in [-0.25, -0.2) is 34.0 Å². The zero-order chi connectivity index (χ0) is 28.8. The number of aromatic nitrogens is 8. The fraction of sp³-hybridized carbons (Fsp3) is 0.333. The van der Waals surface area contributed by atoms with E-state index in [1.54, 1.807) is 30.1 Å². The second kappa shape index (κ2) is 10.3. The van der Waals surface area contributed by atoms with E-state index in [0.29, 0.717) is 33.9 Å². The Morgan fingerprint density at radius 3 is 2.45 bits per heavy atom. The lowest BCUT2D eigenvalue weighted by Crippen LogP contribution is -2.11. The summed E-state index contributed by atoms with van der Waals surface area (Å²) in [6.45, 7) is 7.67. The maximum Gasteiger partial charge on any atom is 0.434 e. The fourth-order valence-corrected chi connectivity index (χ4v) is 4.55. The molecule has 0 aliphatic rings. The first-order valence-electron chi connectivity index (χ1n) is 12.6. The monoisotopic (exact) mass is 554 g/mol. The van der Waals surface area contributed by atoms with Crippen LogP contribution in [0.15, 0.2) is 43.1 Å². The van der Waals surface area contributed by atoms with Gasteiger partial charge in [0.2, 0.25) is 5.88 Å². The van der Waals surface area contributed by atoms with Crippen molar-refractivity contribution in [1.29, 1.82) is 0 Å². The lowest BCUT2D eigenvalue weighted by molar-refractivity contribution is -0.140. The van der Waals surface area contributed by atoms with E-state index in [4.69, 9.17) is 9.72 Å². The molecule has 208 valence electrons. The van der Waals surface area contributed by atoms with Gasteiger partial charge in [-0.15, -0.1) is 0 Å². The molecule has 4 heterocycles. The molecule has 9 nitrogen and oxygen atoms in total. The number of imidazole rings is 1. The topological polar surface area (TPSA) is 96.4 Å². The van der Waals surface area contributed by atoms with Gasteiger partial charge in [0.05, 0.1) is 36.0 Å². The highest BCUT2D eigenvalue weighted by Gasteiger charge is 2.35. The number of nitrogens with zero attached hydrogens (tertiary/aromatic N) is 8. The summed E-state index contributed by atoms with van der Waals surface area (Å²) >= 11 is 0. The number of benzene rings is 1. The van der Waals surface area contributed by atoms with Crippen LogP contribution < -0.4 is 4.74 Å². The third-order valence-electron chi connectivity index (χ3n) is 6.63. The minimum Gasteiger partial charge on any atom is -0.480 e. The highest BCUT2D eigenvalue weighted by atomic mass is 19.4. The smallest absolute Gasteiger partial charge is 0.434 e. The molecule has 5 rings (SSSR count). The molecule has 0 saturated carbocycles. The molecule has 1 atom stereocenters. The number of aryl methyl sites for hydroxylation is 1. The molecule has 0 aliphatic carbocycles. The Balaban J connectivity index is 1.55. The van der Waals surface area contributed by atoms with Gasteiger partial charge in [-0.3, -0.25) is 0 Å². The molecule has 13 heteroatoms. The molecule has 0 bridgehead atoms. The molecule has 0 unspecified atom stereocenters. The number of halogens is 4. The van der Waals surface area contributed by atoms with E-state index in [2.05, 4.69) is 25.0 Å². The second-order valence-corrected chi connectivity index (χ2v) is 9.51.